The lowest BCUT2D eigenvalue weighted by Crippen LogP contribution is -2.23. The number of pyridine rings is 2. The monoisotopic (exact) mass is 328 g/mol. The van der Waals surface area contributed by atoms with Crippen LogP contribution in [-0.2, 0) is 12.2 Å². The minimum atomic E-state index is 0.114. The maximum Gasteiger partial charge on any atom is 0.195 e. The van der Waals surface area contributed by atoms with Crippen LogP contribution in [0, 0.1) is 0 Å². The Kier molecular flexibility index (Phi) is 3.43. The first-order valence-electron chi connectivity index (χ1n) is 7.11. The fraction of sp³-hybridized carbons (Fsp3) is 0.176. The number of fused-ring (bicyclic) bond motifs is 2. The van der Waals surface area contributed by atoms with Gasteiger partial charge in [0.1, 0.15) is 5.65 Å². The Labute approximate surface area is 136 Å². The van der Waals surface area contributed by atoms with Crippen LogP contribution in [-0.4, -0.2) is 15.3 Å². The predicted molar refractivity (Wildman–Crippen MR) is 92.2 cm³/mol. The second-order valence-electron chi connectivity index (χ2n) is 5.25. The Morgan fingerprint density at radius 2 is 2.14 bits per heavy atom. The molecule has 1 aromatic carbocycles. The number of hydrogen-bond acceptors (Lipinski definition) is 3. The summed E-state index contributed by atoms with van der Waals surface area (Å²) in [6.07, 6.45) is 2.60. The summed E-state index contributed by atoms with van der Waals surface area (Å²) in [6, 6.07) is 11.4. The molecular weight excluding hydrogens is 316 g/mol. The molecule has 3 heterocycles. The molecule has 0 N–H and O–H groups in total. The molecule has 2 aromatic heterocycles. The molecule has 3 aromatic rings. The minimum absolute atomic E-state index is 0.114. The van der Waals surface area contributed by atoms with Crippen molar-refractivity contribution in [3.63, 3.8) is 0 Å². The Balaban J connectivity index is 2.16. The quantitative estimate of drug-likeness (QED) is 0.681. The van der Waals surface area contributed by atoms with Gasteiger partial charge in [0.05, 0.1) is 5.39 Å². The van der Waals surface area contributed by atoms with Gasteiger partial charge in [-0.15, -0.1) is 0 Å². The zero-order chi connectivity index (χ0) is 15.1. The van der Waals surface area contributed by atoms with Gasteiger partial charge in [-0.25, -0.2) is 4.98 Å². The molecule has 0 amide bonds. The van der Waals surface area contributed by atoms with E-state index in [0.29, 0.717) is 16.1 Å². The molecular formula is C17H13ClN2OS. The predicted octanol–water partition coefficient (Wildman–Crippen LogP) is 3.83. The molecule has 0 aliphatic carbocycles. The van der Waals surface area contributed by atoms with E-state index in [1.165, 1.54) is 0 Å². The van der Waals surface area contributed by atoms with E-state index in [0.717, 1.165) is 34.9 Å². The molecule has 0 saturated heterocycles. The van der Waals surface area contributed by atoms with Gasteiger partial charge < -0.3 is 0 Å². The van der Waals surface area contributed by atoms with Gasteiger partial charge in [-0.1, -0.05) is 17.7 Å². The highest BCUT2D eigenvalue weighted by Gasteiger charge is 2.21. The number of thioether (sulfide) groups is 1. The molecule has 0 saturated carbocycles. The lowest BCUT2D eigenvalue weighted by Gasteiger charge is -2.22. The molecule has 5 heteroatoms. The largest absolute Gasteiger partial charge is 0.298 e. The van der Waals surface area contributed by atoms with Gasteiger partial charge in [0.25, 0.3) is 0 Å². The molecule has 3 nitrogen and oxygen atoms in total. The summed E-state index contributed by atoms with van der Waals surface area (Å²) in [5.41, 5.74) is 3.75. The van der Waals surface area contributed by atoms with Crippen LogP contribution in [0.1, 0.15) is 11.3 Å². The fourth-order valence-corrected chi connectivity index (χ4v) is 4.13. The van der Waals surface area contributed by atoms with Gasteiger partial charge in [0.2, 0.25) is 0 Å². The standard InChI is InChI=1S/C17H13ClN2OS/c18-11-3-1-4-12(9-11)20-15-6-8-22-10-14(15)16(21)13-5-2-7-19-17(13)20/h1-5,7,9H,6,8,10H2. The molecule has 110 valence electrons. The maximum atomic E-state index is 12.7. The zero-order valence-electron chi connectivity index (χ0n) is 11.8. The molecule has 0 atom stereocenters. The molecule has 0 unspecified atom stereocenters. The fourth-order valence-electron chi connectivity index (χ4n) is 2.96. The van der Waals surface area contributed by atoms with E-state index in [-0.39, 0.29) is 5.43 Å². The van der Waals surface area contributed by atoms with Crippen molar-refractivity contribution in [2.45, 2.75) is 12.2 Å². The van der Waals surface area contributed by atoms with Crippen LogP contribution in [0.15, 0.2) is 47.4 Å². The number of aromatic nitrogens is 2. The molecule has 0 radical (unpaired) electrons. The summed E-state index contributed by atoms with van der Waals surface area (Å²) < 4.78 is 2.09. The van der Waals surface area contributed by atoms with Gasteiger partial charge >= 0.3 is 0 Å². The average molecular weight is 329 g/mol. The lowest BCUT2D eigenvalue weighted by atomic mass is 10.1. The first kappa shape index (κ1) is 13.9. The van der Waals surface area contributed by atoms with E-state index in [9.17, 15) is 4.79 Å². The van der Waals surface area contributed by atoms with E-state index in [4.69, 9.17) is 11.6 Å². The third-order valence-electron chi connectivity index (χ3n) is 3.93. The van der Waals surface area contributed by atoms with Crippen molar-refractivity contribution in [1.29, 1.82) is 0 Å². The molecule has 0 bridgehead atoms. The Bertz CT molecular complexity index is 936. The molecule has 22 heavy (non-hydrogen) atoms. The summed E-state index contributed by atoms with van der Waals surface area (Å²) in [5.74, 6) is 1.78. The Morgan fingerprint density at radius 1 is 1.23 bits per heavy atom. The van der Waals surface area contributed by atoms with E-state index < -0.39 is 0 Å². The molecule has 1 aliphatic rings. The van der Waals surface area contributed by atoms with E-state index in [1.807, 2.05) is 48.2 Å². The van der Waals surface area contributed by atoms with Gasteiger partial charge in [-0.3, -0.25) is 9.36 Å². The van der Waals surface area contributed by atoms with E-state index in [2.05, 4.69) is 9.55 Å². The molecule has 1 aliphatic heterocycles. The smallest absolute Gasteiger partial charge is 0.195 e. The highest BCUT2D eigenvalue weighted by molar-refractivity contribution is 7.98. The second-order valence-corrected chi connectivity index (χ2v) is 6.79. The lowest BCUT2D eigenvalue weighted by molar-refractivity contribution is 0.895. The average Bonchev–Trinajstić information content (AvgIpc) is 2.55. The van der Waals surface area contributed by atoms with Crippen LogP contribution in [0.25, 0.3) is 16.7 Å². The topological polar surface area (TPSA) is 34.9 Å². The minimum Gasteiger partial charge on any atom is -0.298 e. The summed E-state index contributed by atoms with van der Waals surface area (Å²) >= 11 is 7.97. The van der Waals surface area contributed by atoms with Crippen LogP contribution in [0.4, 0.5) is 0 Å². The summed E-state index contributed by atoms with van der Waals surface area (Å²) in [7, 11) is 0. The van der Waals surface area contributed by atoms with Crippen LogP contribution < -0.4 is 5.43 Å². The molecule has 4 rings (SSSR count). The third kappa shape index (κ3) is 2.14. The van der Waals surface area contributed by atoms with Crippen molar-refractivity contribution >= 4 is 34.4 Å². The third-order valence-corrected chi connectivity index (χ3v) is 5.15. The van der Waals surface area contributed by atoms with Crippen molar-refractivity contribution < 1.29 is 0 Å². The number of hydrogen-bond donors (Lipinski definition) is 0. The molecule has 0 fully saturated rings. The summed E-state index contributed by atoms with van der Waals surface area (Å²) in [6.45, 7) is 0. The zero-order valence-corrected chi connectivity index (χ0v) is 13.3. The van der Waals surface area contributed by atoms with Gasteiger partial charge in [0, 0.05) is 33.9 Å². The summed E-state index contributed by atoms with van der Waals surface area (Å²) in [5, 5.41) is 1.35. The summed E-state index contributed by atoms with van der Waals surface area (Å²) in [4.78, 5) is 17.2. The number of benzene rings is 1. The highest BCUT2D eigenvalue weighted by Crippen LogP contribution is 2.28. The van der Waals surface area contributed by atoms with Crippen LogP contribution in [0.5, 0.6) is 0 Å². The maximum absolute atomic E-state index is 12.7. The normalized spacial score (nSPS) is 14.0. The van der Waals surface area contributed by atoms with E-state index >= 15 is 0 Å². The molecule has 0 spiro atoms. The van der Waals surface area contributed by atoms with Crippen molar-refractivity contribution in [3.8, 4) is 5.69 Å². The van der Waals surface area contributed by atoms with E-state index in [1.54, 1.807) is 6.20 Å². The van der Waals surface area contributed by atoms with Crippen LogP contribution in [0.2, 0.25) is 5.02 Å². The number of rotatable bonds is 1. The van der Waals surface area contributed by atoms with Gasteiger partial charge in [0.15, 0.2) is 5.43 Å². The van der Waals surface area contributed by atoms with Crippen molar-refractivity contribution in [1.82, 2.24) is 9.55 Å². The SMILES string of the molecule is O=c1c2c(n(-c3cccc(Cl)c3)c3ncccc13)CCSC2. The van der Waals surface area contributed by atoms with Crippen LogP contribution in [0.3, 0.4) is 0 Å². The Hall–Kier alpha value is -1.78. The second kappa shape index (κ2) is 5.45. The highest BCUT2D eigenvalue weighted by atomic mass is 35.5. The van der Waals surface area contributed by atoms with Crippen molar-refractivity contribution in [2.24, 2.45) is 0 Å². The van der Waals surface area contributed by atoms with Crippen LogP contribution >= 0.6 is 23.4 Å². The first-order valence-corrected chi connectivity index (χ1v) is 8.64. The first-order chi connectivity index (χ1) is 10.8. The number of nitrogens with zero attached hydrogens (tertiary/aromatic N) is 2. The van der Waals surface area contributed by atoms with Gasteiger partial charge in [-0.2, -0.15) is 11.8 Å². The van der Waals surface area contributed by atoms with Crippen molar-refractivity contribution in [3.05, 3.63) is 69.1 Å². The van der Waals surface area contributed by atoms with Crippen molar-refractivity contribution in [2.75, 3.05) is 5.75 Å². The number of halogens is 1. The Morgan fingerprint density at radius 3 is 3.00 bits per heavy atom. The van der Waals surface area contributed by atoms with Gasteiger partial charge in [-0.05, 0) is 42.5 Å².